The third-order valence-electron chi connectivity index (χ3n) is 4.71. The zero-order valence-electron chi connectivity index (χ0n) is 18.2. The van der Waals surface area contributed by atoms with E-state index in [4.69, 9.17) is 13.9 Å². The quantitative estimate of drug-likeness (QED) is 0.392. The average molecular weight is 471 g/mol. The summed E-state index contributed by atoms with van der Waals surface area (Å²) in [6, 6.07) is 8.58. The number of furan rings is 1. The van der Waals surface area contributed by atoms with Crippen molar-refractivity contribution in [2.75, 3.05) is 24.7 Å². The van der Waals surface area contributed by atoms with Crippen LogP contribution in [0, 0.1) is 6.92 Å². The van der Waals surface area contributed by atoms with Gasteiger partial charge in [-0.05, 0) is 36.8 Å². The van der Waals surface area contributed by atoms with Crippen molar-refractivity contribution < 1.29 is 22.3 Å². The fourth-order valence-electron chi connectivity index (χ4n) is 3.14. The molecule has 0 aliphatic rings. The van der Waals surface area contributed by atoms with E-state index in [-0.39, 0.29) is 23.9 Å². The Balaban J connectivity index is 1.73. The Hall–Kier alpha value is -3.93. The lowest BCUT2D eigenvalue weighted by atomic mass is 10.2. The lowest BCUT2D eigenvalue weighted by Gasteiger charge is -2.17. The molecule has 0 radical (unpaired) electrons. The van der Waals surface area contributed by atoms with Gasteiger partial charge in [0.1, 0.15) is 23.0 Å². The van der Waals surface area contributed by atoms with Crippen molar-refractivity contribution in [2.45, 2.75) is 13.3 Å². The van der Waals surface area contributed by atoms with E-state index in [0.717, 1.165) is 5.56 Å². The topological polar surface area (TPSA) is 134 Å². The van der Waals surface area contributed by atoms with Gasteiger partial charge in [0.2, 0.25) is 21.8 Å². The van der Waals surface area contributed by atoms with E-state index in [0.29, 0.717) is 28.8 Å². The number of aromatic nitrogens is 5. The van der Waals surface area contributed by atoms with Crippen LogP contribution in [0.15, 0.2) is 53.4 Å². The molecule has 0 atom stereocenters. The van der Waals surface area contributed by atoms with E-state index in [2.05, 4.69) is 24.9 Å². The van der Waals surface area contributed by atoms with Gasteiger partial charge in [-0.25, -0.2) is 18.4 Å². The number of aryl methyl sites for hydroxylation is 2. The summed E-state index contributed by atoms with van der Waals surface area (Å²) in [6.07, 6.45) is 4.90. The van der Waals surface area contributed by atoms with E-state index in [1.807, 2.05) is 6.92 Å². The van der Waals surface area contributed by atoms with Crippen molar-refractivity contribution in [3.8, 4) is 28.8 Å². The van der Waals surface area contributed by atoms with Crippen LogP contribution in [-0.4, -0.2) is 53.1 Å². The van der Waals surface area contributed by atoms with Crippen LogP contribution in [0.2, 0.25) is 0 Å². The maximum atomic E-state index is 12.9. The summed E-state index contributed by atoms with van der Waals surface area (Å²) in [7, 11) is -0.832. The summed E-state index contributed by atoms with van der Waals surface area (Å²) >= 11 is 0. The number of para-hydroxylation sites is 1. The van der Waals surface area contributed by atoms with E-state index < -0.39 is 10.0 Å². The summed E-state index contributed by atoms with van der Waals surface area (Å²) in [4.78, 5) is 8.31. The van der Waals surface area contributed by atoms with Gasteiger partial charge >= 0.3 is 0 Å². The zero-order chi connectivity index (χ0) is 23.4. The fraction of sp³-hybridized carbons (Fsp3) is 0.238. The largest absolute Gasteiger partial charge is 0.494 e. The molecule has 0 bridgehead atoms. The van der Waals surface area contributed by atoms with Crippen LogP contribution < -0.4 is 14.2 Å². The van der Waals surface area contributed by atoms with Crippen molar-refractivity contribution in [1.82, 2.24) is 24.7 Å². The molecule has 3 aromatic heterocycles. The normalized spacial score (nSPS) is 11.4. The van der Waals surface area contributed by atoms with Gasteiger partial charge < -0.3 is 13.9 Å². The van der Waals surface area contributed by atoms with Crippen molar-refractivity contribution in [2.24, 2.45) is 0 Å². The van der Waals surface area contributed by atoms with Crippen LogP contribution >= 0.6 is 0 Å². The van der Waals surface area contributed by atoms with Crippen molar-refractivity contribution in [3.63, 3.8) is 0 Å². The van der Waals surface area contributed by atoms with Crippen LogP contribution in [0.3, 0.4) is 0 Å². The first kappa shape index (κ1) is 22.3. The van der Waals surface area contributed by atoms with Crippen molar-refractivity contribution in [1.29, 1.82) is 0 Å². The molecule has 0 fully saturated rings. The van der Waals surface area contributed by atoms with Crippen LogP contribution in [0.25, 0.3) is 17.3 Å². The van der Waals surface area contributed by atoms with Gasteiger partial charge in [0.15, 0.2) is 5.76 Å². The van der Waals surface area contributed by atoms with Crippen LogP contribution in [-0.2, 0) is 16.4 Å². The second-order valence-corrected chi connectivity index (χ2v) is 8.86. The molecule has 33 heavy (non-hydrogen) atoms. The number of hydrogen-bond donors (Lipinski definition) is 1. The highest BCUT2D eigenvalue weighted by molar-refractivity contribution is 7.92. The van der Waals surface area contributed by atoms with Gasteiger partial charge in [0, 0.05) is 18.8 Å². The number of anilines is 1. The van der Waals surface area contributed by atoms with Crippen LogP contribution in [0.5, 0.6) is 11.5 Å². The standard InChI is InChI=1S/C21H22N6O5S/c1-14-12-22-18(23-13-14)9-11-33(28,29)26-21-25-24-20(17-8-5-10-32-17)27(21)19-15(30-2)6-4-7-16(19)31-3/h4-8,10,12-13H,9,11H2,1-3H3,(H,25,26). The van der Waals surface area contributed by atoms with Gasteiger partial charge in [-0.1, -0.05) is 6.07 Å². The third kappa shape index (κ3) is 4.80. The Labute approximate surface area is 190 Å². The first-order valence-electron chi connectivity index (χ1n) is 9.90. The molecule has 0 amide bonds. The molecule has 1 N–H and O–H groups in total. The van der Waals surface area contributed by atoms with Crippen LogP contribution in [0.4, 0.5) is 5.95 Å². The molecule has 0 saturated carbocycles. The Morgan fingerprint density at radius 2 is 1.73 bits per heavy atom. The number of nitrogens with zero attached hydrogens (tertiary/aromatic N) is 5. The second-order valence-electron chi connectivity index (χ2n) is 7.02. The molecule has 0 aliphatic heterocycles. The van der Waals surface area contributed by atoms with Crippen LogP contribution in [0.1, 0.15) is 11.4 Å². The summed E-state index contributed by atoms with van der Waals surface area (Å²) in [5.74, 6) is 1.63. The van der Waals surface area contributed by atoms with Crippen molar-refractivity contribution >= 4 is 16.0 Å². The van der Waals surface area contributed by atoms with E-state index >= 15 is 0 Å². The first-order valence-corrected chi connectivity index (χ1v) is 11.6. The highest BCUT2D eigenvalue weighted by atomic mass is 32.2. The molecular formula is C21H22N6O5S. The van der Waals surface area contributed by atoms with E-state index in [9.17, 15) is 8.42 Å². The SMILES string of the molecule is COc1cccc(OC)c1-n1c(NS(=O)(=O)CCc2ncc(C)cn2)nnc1-c1ccco1. The molecule has 4 rings (SSSR count). The zero-order valence-corrected chi connectivity index (χ0v) is 19.0. The Bertz CT molecular complexity index is 1310. The monoisotopic (exact) mass is 470 g/mol. The van der Waals surface area contributed by atoms with Crippen molar-refractivity contribution in [3.05, 3.63) is 60.4 Å². The number of sulfonamides is 1. The van der Waals surface area contributed by atoms with Gasteiger partial charge in [-0.3, -0.25) is 9.29 Å². The summed E-state index contributed by atoms with van der Waals surface area (Å²) in [6.45, 7) is 1.86. The molecule has 0 unspecified atom stereocenters. The molecule has 1 aromatic carbocycles. The lowest BCUT2D eigenvalue weighted by molar-refractivity contribution is 0.391. The highest BCUT2D eigenvalue weighted by Gasteiger charge is 2.26. The Morgan fingerprint density at radius 1 is 1.03 bits per heavy atom. The number of nitrogens with one attached hydrogen (secondary N) is 1. The van der Waals surface area contributed by atoms with Gasteiger partial charge in [-0.2, -0.15) is 0 Å². The first-order chi connectivity index (χ1) is 15.9. The van der Waals surface area contributed by atoms with E-state index in [1.54, 1.807) is 42.7 Å². The fourth-order valence-corrected chi connectivity index (χ4v) is 4.11. The Kier molecular flexibility index (Phi) is 6.27. The number of benzene rings is 1. The van der Waals surface area contributed by atoms with Gasteiger partial charge in [0.05, 0.1) is 26.2 Å². The molecule has 12 heteroatoms. The minimum absolute atomic E-state index is 0.0472. The Morgan fingerprint density at radius 3 is 2.33 bits per heavy atom. The molecule has 3 heterocycles. The summed E-state index contributed by atoms with van der Waals surface area (Å²) < 4.78 is 46.3. The van der Waals surface area contributed by atoms with Gasteiger partial charge in [0.25, 0.3) is 0 Å². The lowest BCUT2D eigenvalue weighted by Crippen LogP contribution is -2.21. The maximum absolute atomic E-state index is 12.9. The molecule has 0 spiro atoms. The number of hydrogen-bond acceptors (Lipinski definition) is 9. The summed E-state index contributed by atoms with van der Waals surface area (Å²) in [5.41, 5.74) is 1.31. The maximum Gasteiger partial charge on any atom is 0.243 e. The number of ether oxygens (including phenoxy) is 2. The third-order valence-corrected chi connectivity index (χ3v) is 5.94. The molecule has 0 aliphatic carbocycles. The second kappa shape index (κ2) is 9.28. The minimum Gasteiger partial charge on any atom is -0.494 e. The average Bonchev–Trinajstić information content (AvgIpc) is 3.48. The predicted molar refractivity (Wildman–Crippen MR) is 120 cm³/mol. The van der Waals surface area contributed by atoms with Gasteiger partial charge in [-0.15, -0.1) is 10.2 Å². The smallest absolute Gasteiger partial charge is 0.243 e. The molecule has 0 saturated heterocycles. The summed E-state index contributed by atoms with van der Waals surface area (Å²) in [5, 5.41) is 8.23. The molecule has 4 aromatic rings. The van der Waals surface area contributed by atoms with E-state index in [1.165, 1.54) is 25.0 Å². The molecular weight excluding hydrogens is 448 g/mol. The highest BCUT2D eigenvalue weighted by Crippen LogP contribution is 2.37. The predicted octanol–water partition coefficient (Wildman–Crippen LogP) is 2.63. The number of rotatable bonds is 9. The number of methoxy groups -OCH3 is 2. The minimum atomic E-state index is -3.83. The molecule has 172 valence electrons. The molecule has 11 nitrogen and oxygen atoms in total.